The van der Waals surface area contributed by atoms with Crippen molar-refractivity contribution in [1.29, 1.82) is 0 Å². The summed E-state index contributed by atoms with van der Waals surface area (Å²) in [5.74, 6) is -0.210. The van der Waals surface area contributed by atoms with Crippen LogP contribution in [-0.4, -0.2) is 25.8 Å². The van der Waals surface area contributed by atoms with Crippen molar-refractivity contribution < 1.29 is 9.13 Å². The first-order chi connectivity index (χ1) is 8.69. The third-order valence-corrected chi connectivity index (χ3v) is 3.59. The quantitative estimate of drug-likeness (QED) is 0.792. The van der Waals surface area contributed by atoms with Gasteiger partial charge in [0, 0.05) is 12.6 Å². The Morgan fingerprint density at radius 3 is 2.83 bits per heavy atom. The van der Waals surface area contributed by atoms with Crippen LogP contribution >= 0.6 is 15.9 Å². The molecule has 1 aromatic carbocycles. The van der Waals surface area contributed by atoms with Gasteiger partial charge in [-0.3, -0.25) is 0 Å². The predicted octanol–water partition coefficient (Wildman–Crippen LogP) is 3.54. The lowest BCUT2D eigenvalue weighted by Gasteiger charge is -2.19. The number of nitrogens with one attached hydrogen (secondary N) is 1. The third-order valence-electron chi connectivity index (χ3n) is 2.70. The average Bonchev–Trinajstić information content (AvgIpc) is 2.38. The number of benzene rings is 1. The molecule has 18 heavy (non-hydrogen) atoms. The Labute approximate surface area is 117 Å². The van der Waals surface area contributed by atoms with Gasteiger partial charge in [-0.1, -0.05) is 19.1 Å². The molecule has 0 spiro atoms. The molecule has 0 aromatic heterocycles. The number of halogens is 2. The van der Waals surface area contributed by atoms with Crippen LogP contribution in [0.5, 0.6) is 0 Å². The third kappa shape index (κ3) is 5.04. The summed E-state index contributed by atoms with van der Waals surface area (Å²) in [5.41, 5.74) is 0.975. The molecule has 0 fully saturated rings. The maximum Gasteiger partial charge on any atom is 0.137 e. The van der Waals surface area contributed by atoms with E-state index in [2.05, 4.69) is 28.2 Å². The Kier molecular flexibility index (Phi) is 7.47. The highest BCUT2D eigenvalue weighted by atomic mass is 79.9. The molecule has 0 bridgehead atoms. The predicted molar refractivity (Wildman–Crippen MR) is 76.4 cm³/mol. The van der Waals surface area contributed by atoms with Gasteiger partial charge in [0.15, 0.2) is 0 Å². The average molecular weight is 318 g/mol. The second-order valence-electron chi connectivity index (χ2n) is 4.23. The lowest BCUT2D eigenvalue weighted by molar-refractivity contribution is 0.122. The molecule has 0 saturated heterocycles. The molecule has 1 unspecified atom stereocenters. The minimum Gasteiger partial charge on any atom is -0.380 e. The number of hydrogen-bond acceptors (Lipinski definition) is 2. The summed E-state index contributed by atoms with van der Waals surface area (Å²) in [7, 11) is 0. The molecule has 1 atom stereocenters. The zero-order valence-corrected chi connectivity index (χ0v) is 12.6. The first-order valence-electron chi connectivity index (χ1n) is 6.43. The van der Waals surface area contributed by atoms with E-state index >= 15 is 0 Å². The van der Waals surface area contributed by atoms with Crippen molar-refractivity contribution in [3.05, 3.63) is 34.1 Å². The van der Waals surface area contributed by atoms with E-state index in [0.717, 1.165) is 24.9 Å². The highest BCUT2D eigenvalue weighted by Crippen LogP contribution is 2.21. The van der Waals surface area contributed by atoms with Gasteiger partial charge in [-0.15, -0.1) is 0 Å². The van der Waals surface area contributed by atoms with Crippen LogP contribution in [0.4, 0.5) is 4.39 Å². The molecule has 0 aliphatic rings. The molecule has 0 saturated carbocycles. The molecule has 0 heterocycles. The van der Waals surface area contributed by atoms with Gasteiger partial charge < -0.3 is 10.1 Å². The zero-order chi connectivity index (χ0) is 13.4. The largest absolute Gasteiger partial charge is 0.380 e. The second-order valence-corrected chi connectivity index (χ2v) is 5.02. The van der Waals surface area contributed by atoms with E-state index in [9.17, 15) is 4.39 Å². The standard InChI is InChI=1S/C14H21BrFNO/c1-3-8-17-12(10-18-4-2)9-11-6-5-7-13(16)14(11)15/h5-7,12,17H,3-4,8-10H2,1-2H3. The second kappa shape index (κ2) is 8.62. The normalized spacial score (nSPS) is 12.7. The molecule has 1 aromatic rings. The lowest BCUT2D eigenvalue weighted by Crippen LogP contribution is -2.36. The van der Waals surface area contributed by atoms with Crippen LogP contribution in [0.25, 0.3) is 0 Å². The number of rotatable bonds is 8. The van der Waals surface area contributed by atoms with Gasteiger partial charge in [0.2, 0.25) is 0 Å². The van der Waals surface area contributed by atoms with Gasteiger partial charge in [-0.2, -0.15) is 0 Å². The monoisotopic (exact) mass is 317 g/mol. The Hall–Kier alpha value is -0.450. The maximum absolute atomic E-state index is 13.4. The van der Waals surface area contributed by atoms with Crippen LogP contribution in [0.15, 0.2) is 22.7 Å². The van der Waals surface area contributed by atoms with Gasteiger partial charge >= 0.3 is 0 Å². The molecule has 2 nitrogen and oxygen atoms in total. The molecule has 102 valence electrons. The van der Waals surface area contributed by atoms with E-state index in [1.54, 1.807) is 6.07 Å². The fraction of sp³-hybridized carbons (Fsp3) is 0.571. The summed E-state index contributed by atoms with van der Waals surface area (Å²) in [5, 5.41) is 3.43. The molecular weight excluding hydrogens is 297 g/mol. The Morgan fingerprint density at radius 2 is 2.17 bits per heavy atom. The van der Waals surface area contributed by atoms with Crippen LogP contribution in [0, 0.1) is 5.82 Å². The van der Waals surface area contributed by atoms with E-state index in [1.807, 2.05) is 13.0 Å². The lowest BCUT2D eigenvalue weighted by atomic mass is 10.1. The Balaban J connectivity index is 2.65. The minimum absolute atomic E-state index is 0.210. The molecule has 0 radical (unpaired) electrons. The molecule has 0 amide bonds. The van der Waals surface area contributed by atoms with Gasteiger partial charge in [0.1, 0.15) is 5.82 Å². The Morgan fingerprint density at radius 1 is 1.39 bits per heavy atom. The van der Waals surface area contributed by atoms with Crippen LogP contribution < -0.4 is 5.32 Å². The highest BCUT2D eigenvalue weighted by Gasteiger charge is 2.12. The van der Waals surface area contributed by atoms with Crippen LogP contribution in [-0.2, 0) is 11.2 Å². The summed E-state index contributed by atoms with van der Waals surface area (Å²) in [6.45, 7) is 6.41. The van der Waals surface area contributed by atoms with Crippen molar-refractivity contribution >= 4 is 15.9 Å². The molecule has 0 aliphatic carbocycles. The van der Waals surface area contributed by atoms with Crippen LogP contribution in [0.2, 0.25) is 0 Å². The van der Waals surface area contributed by atoms with Crippen molar-refractivity contribution in [1.82, 2.24) is 5.32 Å². The molecular formula is C14H21BrFNO. The summed E-state index contributed by atoms with van der Waals surface area (Å²) < 4.78 is 19.5. The fourth-order valence-electron chi connectivity index (χ4n) is 1.77. The fourth-order valence-corrected chi connectivity index (χ4v) is 2.20. The van der Waals surface area contributed by atoms with Gasteiger partial charge in [0.25, 0.3) is 0 Å². The summed E-state index contributed by atoms with van der Waals surface area (Å²) in [4.78, 5) is 0. The topological polar surface area (TPSA) is 21.3 Å². The summed E-state index contributed by atoms with van der Waals surface area (Å²) >= 11 is 3.30. The van der Waals surface area contributed by atoms with Gasteiger partial charge in [-0.05, 0) is 53.9 Å². The summed E-state index contributed by atoms with van der Waals surface area (Å²) in [6.07, 6.45) is 1.84. The van der Waals surface area contributed by atoms with E-state index in [0.29, 0.717) is 17.7 Å². The van der Waals surface area contributed by atoms with Crippen LogP contribution in [0.1, 0.15) is 25.8 Å². The van der Waals surface area contributed by atoms with E-state index < -0.39 is 0 Å². The molecule has 1 N–H and O–H groups in total. The van der Waals surface area contributed by atoms with Crippen molar-refractivity contribution in [3.63, 3.8) is 0 Å². The SMILES string of the molecule is CCCNC(COCC)Cc1cccc(F)c1Br. The molecule has 0 aliphatic heterocycles. The van der Waals surface area contributed by atoms with Crippen molar-refractivity contribution in [3.8, 4) is 0 Å². The van der Waals surface area contributed by atoms with E-state index in [1.165, 1.54) is 6.07 Å². The molecule has 1 rings (SSSR count). The van der Waals surface area contributed by atoms with Crippen molar-refractivity contribution in [2.24, 2.45) is 0 Å². The summed E-state index contributed by atoms with van der Waals surface area (Å²) in [6, 6.07) is 5.38. The highest BCUT2D eigenvalue weighted by molar-refractivity contribution is 9.10. The first-order valence-corrected chi connectivity index (χ1v) is 7.22. The smallest absolute Gasteiger partial charge is 0.137 e. The van der Waals surface area contributed by atoms with Crippen LogP contribution in [0.3, 0.4) is 0 Å². The first kappa shape index (κ1) is 15.6. The van der Waals surface area contributed by atoms with Gasteiger partial charge in [-0.25, -0.2) is 4.39 Å². The van der Waals surface area contributed by atoms with E-state index in [-0.39, 0.29) is 11.9 Å². The van der Waals surface area contributed by atoms with Crippen molar-refractivity contribution in [2.75, 3.05) is 19.8 Å². The number of ether oxygens (including phenoxy) is 1. The van der Waals surface area contributed by atoms with E-state index in [4.69, 9.17) is 4.74 Å². The van der Waals surface area contributed by atoms with Gasteiger partial charge in [0.05, 0.1) is 11.1 Å². The minimum atomic E-state index is -0.210. The Bertz CT molecular complexity index is 352. The maximum atomic E-state index is 13.4. The zero-order valence-electron chi connectivity index (χ0n) is 11.0. The molecule has 4 heteroatoms. The van der Waals surface area contributed by atoms with Crippen molar-refractivity contribution in [2.45, 2.75) is 32.7 Å². The number of hydrogen-bond donors (Lipinski definition) is 1.